The Morgan fingerprint density at radius 3 is 2.07 bits per heavy atom. The zero-order valence-corrected chi connectivity index (χ0v) is 20.2. The van der Waals surface area contributed by atoms with E-state index in [9.17, 15) is 4.79 Å². The second-order valence-electron chi connectivity index (χ2n) is 10.2. The first kappa shape index (κ1) is 25.5. The lowest BCUT2D eigenvalue weighted by molar-refractivity contribution is -0.141. The summed E-state index contributed by atoms with van der Waals surface area (Å²) in [6, 6.07) is 0. The van der Waals surface area contributed by atoms with E-state index < -0.39 is 0 Å². The highest BCUT2D eigenvalue weighted by molar-refractivity contribution is 5.80. The number of rotatable bonds is 16. The van der Waals surface area contributed by atoms with Gasteiger partial charge in [-0.15, -0.1) is 6.58 Å². The van der Waals surface area contributed by atoms with Gasteiger partial charge in [-0.05, 0) is 31.1 Å². The first-order chi connectivity index (χ1) is 14.8. The lowest BCUT2D eigenvalue weighted by Crippen LogP contribution is -2.45. The van der Waals surface area contributed by atoms with Crippen LogP contribution in [0.3, 0.4) is 0 Å². The van der Waals surface area contributed by atoms with Crippen LogP contribution in [0.2, 0.25) is 0 Å². The van der Waals surface area contributed by atoms with E-state index in [1.54, 1.807) is 0 Å². The minimum absolute atomic E-state index is 0.307. The maximum absolute atomic E-state index is 13.0. The van der Waals surface area contributed by atoms with Crippen molar-refractivity contribution in [3.63, 3.8) is 0 Å². The molecule has 0 bridgehead atoms. The Morgan fingerprint density at radius 1 is 0.833 bits per heavy atom. The summed E-state index contributed by atoms with van der Waals surface area (Å²) >= 11 is 0. The summed E-state index contributed by atoms with van der Waals surface area (Å²) < 4.78 is 0. The number of piperidine rings is 1. The number of amides is 1. The Bertz CT molecular complexity index is 460. The zero-order chi connectivity index (χ0) is 21.4. The van der Waals surface area contributed by atoms with Crippen molar-refractivity contribution in [2.24, 2.45) is 17.8 Å². The van der Waals surface area contributed by atoms with E-state index in [-0.39, 0.29) is 0 Å². The highest BCUT2D eigenvalue weighted by atomic mass is 16.2. The second-order valence-corrected chi connectivity index (χ2v) is 10.2. The topological polar surface area (TPSA) is 20.3 Å². The molecule has 174 valence electrons. The molecular formula is C28H51NO. The van der Waals surface area contributed by atoms with Crippen LogP contribution in [0, 0.1) is 17.8 Å². The number of hydrogen-bond acceptors (Lipinski definition) is 1. The molecule has 1 saturated heterocycles. The van der Waals surface area contributed by atoms with Crippen LogP contribution in [0.1, 0.15) is 129 Å². The van der Waals surface area contributed by atoms with E-state index in [4.69, 9.17) is 0 Å². The fraction of sp³-hybridized carbons (Fsp3) is 0.893. The molecule has 1 aliphatic carbocycles. The highest BCUT2D eigenvalue weighted by Gasteiger charge is 2.38. The summed E-state index contributed by atoms with van der Waals surface area (Å²) in [6.45, 7) is 7.82. The largest absolute Gasteiger partial charge is 0.339 e. The van der Waals surface area contributed by atoms with Gasteiger partial charge in [0.2, 0.25) is 5.91 Å². The van der Waals surface area contributed by atoms with Crippen LogP contribution in [0.4, 0.5) is 0 Å². The third-order valence-corrected chi connectivity index (χ3v) is 7.83. The lowest BCUT2D eigenvalue weighted by atomic mass is 9.68. The van der Waals surface area contributed by atoms with Crippen molar-refractivity contribution >= 4 is 5.91 Å². The summed E-state index contributed by atoms with van der Waals surface area (Å²) in [7, 11) is 0. The summed E-state index contributed by atoms with van der Waals surface area (Å²) in [6.07, 6.45) is 28.1. The predicted octanol–water partition coefficient (Wildman–Crippen LogP) is 8.31. The molecule has 0 spiro atoms. The molecule has 2 aliphatic rings. The molecule has 2 rings (SSSR count). The molecule has 0 N–H and O–H groups in total. The van der Waals surface area contributed by atoms with Crippen LogP contribution in [0.5, 0.6) is 0 Å². The second kappa shape index (κ2) is 15.9. The Hall–Kier alpha value is -0.790. The van der Waals surface area contributed by atoms with E-state index in [1.165, 1.54) is 116 Å². The number of likely N-dealkylation sites (tertiary alicyclic amines) is 1. The molecule has 2 nitrogen and oxygen atoms in total. The van der Waals surface area contributed by atoms with Crippen molar-refractivity contribution in [3.8, 4) is 0 Å². The van der Waals surface area contributed by atoms with Gasteiger partial charge in [0.15, 0.2) is 0 Å². The van der Waals surface area contributed by atoms with Gasteiger partial charge < -0.3 is 4.90 Å². The molecule has 1 heterocycles. The van der Waals surface area contributed by atoms with Crippen molar-refractivity contribution in [1.82, 2.24) is 4.90 Å². The van der Waals surface area contributed by atoms with E-state index in [0.29, 0.717) is 17.7 Å². The van der Waals surface area contributed by atoms with Crippen LogP contribution in [0.15, 0.2) is 12.7 Å². The fourth-order valence-electron chi connectivity index (χ4n) is 6.08. The fourth-order valence-corrected chi connectivity index (χ4v) is 6.08. The van der Waals surface area contributed by atoms with Crippen LogP contribution >= 0.6 is 0 Å². The molecule has 1 aliphatic heterocycles. The van der Waals surface area contributed by atoms with Crippen LogP contribution < -0.4 is 0 Å². The Morgan fingerprint density at radius 2 is 1.43 bits per heavy atom. The molecular weight excluding hydrogens is 366 g/mol. The first-order valence-electron chi connectivity index (χ1n) is 13.7. The van der Waals surface area contributed by atoms with Crippen molar-refractivity contribution in [3.05, 3.63) is 12.7 Å². The van der Waals surface area contributed by atoms with E-state index in [0.717, 1.165) is 25.4 Å². The minimum Gasteiger partial charge on any atom is -0.339 e. The van der Waals surface area contributed by atoms with Crippen molar-refractivity contribution in [2.75, 3.05) is 13.1 Å². The van der Waals surface area contributed by atoms with Crippen LogP contribution in [-0.4, -0.2) is 23.9 Å². The van der Waals surface area contributed by atoms with E-state index in [2.05, 4.69) is 18.4 Å². The summed E-state index contributed by atoms with van der Waals surface area (Å²) in [5.74, 6) is 2.21. The standard InChI is InChI=1S/C28H51NO/c1-3-5-6-7-8-9-10-11-12-13-14-15-19-25-20-16-17-21-26(25)27-22-18-24-29(23-4-2)28(27)30/h4,25-27H,2-3,5-24H2,1H3. The number of nitrogens with zero attached hydrogens (tertiary/aromatic N) is 1. The molecule has 1 amide bonds. The maximum Gasteiger partial charge on any atom is 0.226 e. The number of carbonyl (C=O) groups is 1. The van der Waals surface area contributed by atoms with Gasteiger partial charge in [0, 0.05) is 19.0 Å². The summed E-state index contributed by atoms with van der Waals surface area (Å²) in [5.41, 5.74) is 0. The molecule has 0 aromatic rings. The average Bonchev–Trinajstić information content (AvgIpc) is 2.76. The van der Waals surface area contributed by atoms with Gasteiger partial charge in [-0.2, -0.15) is 0 Å². The highest BCUT2D eigenvalue weighted by Crippen LogP contribution is 2.41. The predicted molar refractivity (Wildman–Crippen MR) is 131 cm³/mol. The van der Waals surface area contributed by atoms with E-state index in [1.807, 2.05) is 6.08 Å². The smallest absolute Gasteiger partial charge is 0.226 e. The first-order valence-corrected chi connectivity index (χ1v) is 13.7. The van der Waals surface area contributed by atoms with E-state index >= 15 is 0 Å². The van der Waals surface area contributed by atoms with Gasteiger partial charge in [-0.25, -0.2) is 0 Å². The minimum atomic E-state index is 0.307. The van der Waals surface area contributed by atoms with Gasteiger partial charge in [0.1, 0.15) is 0 Å². The van der Waals surface area contributed by atoms with Crippen LogP contribution in [-0.2, 0) is 4.79 Å². The molecule has 30 heavy (non-hydrogen) atoms. The molecule has 0 aromatic carbocycles. The summed E-state index contributed by atoms with van der Waals surface area (Å²) in [4.78, 5) is 15.1. The Kier molecular flexibility index (Phi) is 13.5. The maximum atomic E-state index is 13.0. The van der Waals surface area contributed by atoms with Gasteiger partial charge in [-0.1, -0.05) is 116 Å². The summed E-state index contributed by atoms with van der Waals surface area (Å²) in [5, 5.41) is 0. The molecule has 2 heteroatoms. The van der Waals surface area contributed by atoms with Gasteiger partial charge in [0.05, 0.1) is 0 Å². The average molecular weight is 418 g/mol. The quantitative estimate of drug-likeness (QED) is 0.183. The third kappa shape index (κ3) is 9.15. The molecule has 0 aromatic heterocycles. The molecule has 0 radical (unpaired) electrons. The van der Waals surface area contributed by atoms with Gasteiger partial charge >= 0.3 is 0 Å². The number of unbranched alkanes of at least 4 members (excludes halogenated alkanes) is 11. The molecule has 3 atom stereocenters. The zero-order valence-electron chi connectivity index (χ0n) is 20.2. The normalized spacial score (nSPS) is 24.9. The molecule has 1 saturated carbocycles. The van der Waals surface area contributed by atoms with Crippen molar-refractivity contribution in [2.45, 2.75) is 129 Å². The van der Waals surface area contributed by atoms with Crippen molar-refractivity contribution < 1.29 is 4.79 Å². The lowest BCUT2D eigenvalue weighted by Gasteiger charge is -2.41. The van der Waals surface area contributed by atoms with Crippen LogP contribution in [0.25, 0.3) is 0 Å². The van der Waals surface area contributed by atoms with Gasteiger partial charge in [-0.3, -0.25) is 4.79 Å². The molecule has 3 unspecified atom stereocenters. The number of carbonyl (C=O) groups excluding carboxylic acids is 1. The Balaban J connectivity index is 1.58. The van der Waals surface area contributed by atoms with Gasteiger partial charge in [0.25, 0.3) is 0 Å². The third-order valence-electron chi connectivity index (χ3n) is 7.83. The van der Waals surface area contributed by atoms with Crippen molar-refractivity contribution in [1.29, 1.82) is 0 Å². The Labute approximate surface area is 188 Å². The molecule has 2 fully saturated rings. The number of hydrogen-bond donors (Lipinski definition) is 0. The monoisotopic (exact) mass is 417 g/mol. The SMILES string of the molecule is C=CCN1CCCC(C2CCCCC2CCCCCCCCCCCCCC)C1=O.